The Kier molecular flexibility index (Phi) is 10.4. The van der Waals surface area contributed by atoms with Gasteiger partial charge in [0.05, 0.1) is 6.61 Å². The smallest absolute Gasteiger partial charge is 0.358 e. The minimum Gasteiger partial charge on any atom is -0.501 e. The molecular weight excluding hydrogens is 528 g/mol. The van der Waals surface area contributed by atoms with Crippen LogP contribution in [0.3, 0.4) is 0 Å². The first-order valence-electron chi connectivity index (χ1n) is 11.4. The van der Waals surface area contributed by atoms with E-state index in [2.05, 4.69) is 32.9 Å². The van der Waals surface area contributed by atoms with Crippen LogP contribution in [0.4, 0.5) is 0 Å². The fraction of sp³-hybridized carbons (Fsp3) is 0.417. The van der Waals surface area contributed by atoms with Crippen LogP contribution in [-0.2, 0) is 14.1 Å². The van der Waals surface area contributed by atoms with Crippen molar-refractivity contribution in [2.45, 2.75) is 46.2 Å². The van der Waals surface area contributed by atoms with Crippen LogP contribution in [0.1, 0.15) is 39.5 Å². The number of ether oxygens (including phenoxy) is 1. The molecule has 0 amide bonds. The van der Waals surface area contributed by atoms with E-state index in [1.807, 2.05) is 39.3 Å². The molecule has 0 saturated heterocycles. The summed E-state index contributed by atoms with van der Waals surface area (Å²) in [5, 5.41) is 27.3. The standard InChI is InChI=1S/C13H18N2O4Si.C11H14N2O4Si/c1-6-19-11-10(13(17)18)14-9(15(2)12(11)16)7-8-20(3,4)5;1-13-7(5-6-18(2,3)4)12-8(11(16)17)9(14)10(13)15/h6H2,1-5H3,(H,17,18);14H,1-4H3,(H,16,17). The zero-order chi connectivity index (χ0) is 29.6. The highest BCUT2D eigenvalue weighted by molar-refractivity contribution is 6.84. The molecule has 3 N–H and O–H groups in total. The summed E-state index contributed by atoms with van der Waals surface area (Å²) >= 11 is 0. The first-order chi connectivity index (χ1) is 17.3. The number of rotatable bonds is 4. The van der Waals surface area contributed by atoms with Gasteiger partial charge in [-0.1, -0.05) is 39.3 Å². The molecule has 0 aliphatic rings. The minimum absolute atomic E-state index is 0.0395. The molecule has 12 nitrogen and oxygen atoms in total. The number of hydrogen-bond donors (Lipinski definition) is 3. The molecule has 0 atom stereocenters. The lowest BCUT2D eigenvalue weighted by molar-refractivity contribution is 0.0674. The maximum atomic E-state index is 12.1. The third-order valence-corrected chi connectivity index (χ3v) is 6.06. The molecule has 204 valence electrons. The Labute approximate surface area is 222 Å². The average molecular weight is 561 g/mol. The molecule has 2 heterocycles. The Bertz CT molecular complexity index is 1490. The lowest BCUT2D eigenvalue weighted by Gasteiger charge is -2.10. The van der Waals surface area contributed by atoms with Gasteiger partial charge in [-0.25, -0.2) is 19.6 Å². The van der Waals surface area contributed by atoms with Crippen LogP contribution in [0.2, 0.25) is 39.3 Å². The summed E-state index contributed by atoms with van der Waals surface area (Å²) in [6, 6.07) is 0. The van der Waals surface area contributed by atoms with Crippen molar-refractivity contribution in [3.8, 4) is 34.4 Å². The predicted octanol–water partition coefficient (Wildman–Crippen LogP) is 1.52. The summed E-state index contributed by atoms with van der Waals surface area (Å²) in [4.78, 5) is 53.4. The minimum atomic E-state index is -1.66. The molecule has 38 heavy (non-hydrogen) atoms. The van der Waals surface area contributed by atoms with Gasteiger partial charge >= 0.3 is 11.9 Å². The average Bonchev–Trinajstić information content (AvgIpc) is 2.78. The second-order valence-corrected chi connectivity index (χ2v) is 19.5. The van der Waals surface area contributed by atoms with Gasteiger partial charge in [0.1, 0.15) is 16.1 Å². The molecule has 14 heteroatoms. The maximum absolute atomic E-state index is 12.1. The van der Waals surface area contributed by atoms with Gasteiger partial charge in [0.15, 0.2) is 23.0 Å². The quantitative estimate of drug-likeness (QED) is 0.367. The lowest BCUT2D eigenvalue weighted by Crippen LogP contribution is -2.27. The molecular formula is C24H32N4O8Si2. The molecule has 0 aliphatic heterocycles. The van der Waals surface area contributed by atoms with E-state index in [4.69, 9.17) is 14.9 Å². The van der Waals surface area contributed by atoms with Gasteiger partial charge in [-0.2, -0.15) is 0 Å². The predicted molar refractivity (Wildman–Crippen MR) is 146 cm³/mol. The van der Waals surface area contributed by atoms with Crippen molar-refractivity contribution >= 4 is 28.1 Å². The van der Waals surface area contributed by atoms with E-state index >= 15 is 0 Å². The third-order valence-electron chi connectivity index (χ3n) is 4.31. The highest BCUT2D eigenvalue weighted by Crippen LogP contribution is 2.12. The summed E-state index contributed by atoms with van der Waals surface area (Å²) < 4.78 is 7.34. The molecule has 2 aromatic rings. The second kappa shape index (κ2) is 12.4. The first kappa shape index (κ1) is 31.9. The van der Waals surface area contributed by atoms with Crippen LogP contribution in [0.25, 0.3) is 0 Å². The monoisotopic (exact) mass is 560 g/mol. The fourth-order valence-corrected chi connectivity index (χ4v) is 3.42. The van der Waals surface area contributed by atoms with E-state index < -0.39 is 56.3 Å². The SMILES string of the molecule is CCOc1c(C(=O)O)nc(C#C[Si](C)(C)C)n(C)c1=O.Cn1c(C#C[Si](C)(C)C)nc(C(=O)O)c(O)c1=O. The highest BCUT2D eigenvalue weighted by atomic mass is 28.3. The van der Waals surface area contributed by atoms with Crippen molar-refractivity contribution in [2.24, 2.45) is 14.1 Å². The van der Waals surface area contributed by atoms with Crippen molar-refractivity contribution in [3.05, 3.63) is 43.7 Å². The molecule has 0 spiro atoms. The zero-order valence-electron chi connectivity index (χ0n) is 22.9. The summed E-state index contributed by atoms with van der Waals surface area (Å²) in [5.74, 6) is 1.80. The zero-order valence-corrected chi connectivity index (χ0v) is 24.9. The van der Waals surface area contributed by atoms with E-state index in [0.717, 1.165) is 4.57 Å². The maximum Gasteiger partial charge on any atom is 0.358 e. The Morgan fingerprint density at radius 3 is 1.58 bits per heavy atom. The van der Waals surface area contributed by atoms with Crippen LogP contribution in [0.5, 0.6) is 11.5 Å². The molecule has 0 unspecified atom stereocenters. The van der Waals surface area contributed by atoms with Crippen molar-refractivity contribution in [1.82, 2.24) is 19.1 Å². The normalized spacial score (nSPS) is 10.7. The number of aromatic nitrogens is 4. The van der Waals surface area contributed by atoms with Gasteiger partial charge in [0.2, 0.25) is 11.5 Å². The van der Waals surface area contributed by atoms with Gasteiger partial charge < -0.3 is 20.1 Å². The second-order valence-electron chi connectivity index (χ2n) is 10.0. The summed E-state index contributed by atoms with van der Waals surface area (Å²) in [5.41, 5.74) is 3.62. The largest absolute Gasteiger partial charge is 0.501 e. The Morgan fingerprint density at radius 1 is 0.816 bits per heavy atom. The Hall–Kier alpha value is -4.15. The van der Waals surface area contributed by atoms with Crippen LogP contribution in [0, 0.1) is 22.9 Å². The van der Waals surface area contributed by atoms with E-state index in [-0.39, 0.29) is 24.0 Å². The van der Waals surface area contributed by atoms with Crippen LogP contribution >= 0.6 is 0 Å². The van der Waals surface area contributed by atoms with E-state index in [0.29, 0.717) is 0 Å². The summed E-state index contributed by atoms with van der Waals surface area (Å²) in [7, 11) is -0.432. The molecule has 2 aromatic heterocycles. The van der Waals surface area contributed by atoms with Crippen LogP contribution in [-0.4, -0.2) is 69.1 Å². The molecule has 0 bridgehead atoms. The molecule has 0 aliphatic carbocycles. The Morgan fingerprint density at radius 2 is 1.21 bits per heavy atom. The highest BCUT2D eigenvalue weighted by Gasteiger charge is 2.21. The lowest BCUT2D eigenvalue weighted by atomic mass is 10.3. The topological polar surface area (TPSA) is 174 Å². The molecule has 0 aromatic carbocycles. The Balaban J connectivity index is 0.000000382. The van der Waals surface area contributed by atoms with Crippen LogP contribution < -0.4 is 15.9 Å². The number of carboxylic acid groups (broad SMARTS) is 2. The molecule has 0 saturated carbocycles. The van der Waals surface area contributed by atoms with Gasteiger partial charge in [-0.3, -0.25) is 18.7 Å². The number of hydrogen-bond acceptors (Lipinski definition) is 8. The van der Waals surface area contributed by atoms with Gasteiger partial charge in [-0.05, 0) is 18.8 Å². The summed E-state index contributed by atoms with van der Waals surface area (Å²) in [6.45, 7) is 14.0. The van der Waals surface area contributed by atoms with Crippen LogP contribution in [0.15, 0.2) is 9.59 Å². The molecule has 0 fully saturated rings. The number of carbonyl (C=O) groups is 2. The van der Waals surface area contributed by atoms with Crippen molar-refractivity contribution < 1.29 is 29.6 Å². The number of aromatic carboxylic acids is 2. The van der Waals surface area contributed by atoms with Gasteiger partial charge in [0, 0.05) is 14.1 Å². The summed E-state index contributed by atoms with van der Waals surface area (Å²) in [6.07, 6.45) is 0. The van der Waals surface area contributed by atoms with Crippen molar-refractivity contribution in [1.29, 1.82) is 0 Å². The molecule has 2 rings (SSSR count). The third kappa shape index (κ3) is 8.75. The van der Waals surface area contributed by atoms with Gasteiger partial charge in [0.25, 0.3) is 11.1 Å². The number of aromatic hydroxyl groups is 1. The van der Waals surface area contributed by atoms with Crippen molar-refractivity contribution in [3.63, 3.8) is 0 Å². The number of carboxylic acids is 2. The van der Waals surface area contributed by atoms with Gasteiger partial charge in [-0.15, -0.1) is 11.1 Å². The first-order valence-corrected chi connectivity index (χ1v) is 18.4. The fourth-order valence-electron chi connectivity index (χ4n) is 2.45. The van der Waals surface area contributed by atoms with E-state index in [1.165, 1.54) is 18.7 Å². The van der Waals surface area contributed by atoms with E-state index in [9.17, 15) is 24.3 Å². The number of nitrogens with zero attached hydrogens (tertiary/aromatic N) is 4. The van der Waals surface area contributed by atoms with Crippen molar-refractivity contribution in [2.75, 3.05) is 6.61 Å². The van der Waals surface area contributed by atoms with E-state index in [1.54, 1.807) is 6.92 Å². The molecule has 0 radical (unpaired) electrons.